The first-order valence-electron chi connectivity index (χ1n) is 7.18. The fourth-order valence-corrected chi connectivity index (χ4v) is 4.73. The molecule has 0 radical (unpaired) electrons. The van der Waals surface area contributed by atoms with Crippen molar-refractivity contribution in [1.29, 1.82) is 0 Å². The van der Waals surface area contributed by atoms with E-state index in [4.69, 9.17) is 0 Å². The molecule has 0 bridgehead atoms. The molecule has 1 aromatic rings. The van der Waals surface area contributed by atoms with Crippen molar-refractivity contribution in [2.24, 2.45) is 5.92 Å². The molecule has 1 aromatic heterocycles. The van der Waals surface area contributed by atoms with Crippen LogP contribution >= 0.6 is 11.3 Å². The van der Waals surface area contributed by atoms with E-state index < -0.39 is 0 Å². The Morgan fingerprint density at radius 1 is 1.39 bits per heavy atom. The molecule has 18 heavy (non-hydrogen) atoms. The number of fused-ring (bicyclic) bond motifs is 1. The smallest absolute Gasteiger partial charge is 0.0702 e. The van der Waals surface area contributed by atoms with Crippen LogP contribution in [0.25, 0.3) is 0 Å². The van der Waals surface area contributed by atoms with E-state index in [1.165, 1.54) is 29.0 Å². The first-order chi connectivity index (χ1) is 8.67. The van der Waals surface area contributed by atoms with Crippen molar-refractivity contribution in [3.63, 3.8) is 0 Å². The Bertz CT molecular complexity index is 412. The molecule has 3 unspecified atom stereocenters. The fraction of sp³-hybridized carbons (Fsp3) is 0.733. The Hall–Kier alpha value is -0.380. The third-order valence-electron chi connectivity index (χ3n) is 4.73. The maximum Gasteiger partial charge on any atom is 0.0702 e. The zero-order chi connectivity index (χ0) is 12.6. The predicted octanol–water partition coefficient (Wildman–Crippen LogP) is 2.88. The van der Waals surface area contributed by atoms with E-state index in [-0.39, 0.29) is 5.60 Å². The van der Waals surface area contributed by atoms with Crippen LogP contribution in [0.1, 0.15) is 41.9 Å². The molecule has 0 spiro atoms. The molecular weight excluding hydrogens is 242 g/mol. The third kappa shape index (κ3) is 2.36. The van der Waals surface area contributed by atoms with Gasteiger partial charge >= 0.3 is 0 Å². The van der Waals surface area contributed by atoms with Crippen LogP contribution in [-0.4, -0.2) is 23.3 Å². The van der Waals surface area contributed by atoms with Gasteiger partial charge in [0, 0.05) is 21.7 Å². The van der Waals surface area contributed by atoms with Gasteiger partial charge in [0.05, 0.1) is 5.60 Å². The zero-order valence-electron chi connectivity index (χ0n) is 11.1. The molecule has 2 fully saturated rings. The maximum atomic E-state index is 10.8. The van der Waals surface area contributed by atoms with E-state index in [2.05, 4.69) is 24.4 Å². The summed E-state index contributed by atoms with van der Waals surface area (Å²) in [5, 5.41) is 14.5. The molecule has 3 atom stereocenters. The van der Waals surface area contributed by atoms with Crippen molar-refractivity contribution in [2.45, 2.75) is 57.1 Å². The largest absolute Gasteiger partial charge is 0.389 e. The molecule has 2 N–H and O–H groups in total. The molecule has 0 aromatic carbocycles. The number of hydrogen-bond acceptors (Lipinski definition) is 3. The molecule has 1 saturated carbocycles. The molecule has 1 saturated heterocycles. The lowest BCUT2D eigenvalue weighted by molar-refractivity contribution is -0.0849. The van der Waals surface area contributed by atoms with Crippen molar-refractivity contribution in [2.75, 3.05) is 6.54 Å². The first-order valence-corrected chi connectivity index (χ1v) is 8.00. The summed E-state index contributed by atoms with van der Waals surface area (Å²) in [5.41, 5.74) is -0.375. The average molecular weight is 265 g/mol. The maximum absolute atomic E-state index is 10.8. The van der Waals surface area contributed by atoms with Crippen molar-refractivity contribution in [3.8, 4) is 0 Å². The Balaban J connectivity index is 1.74. The molecular formula is C15H23NOS. The Morgan fingerprint density at radius 2 is 2.28 bits per heavy atom. The van der Waals surface area contributed by atoms with Crippen LogP contribution < -0.4 is 5.32 Å². The lowest BCUT2D eigenvalue weighted by atomic mass is 9.67. The predicted molar refractivity (Wildman–Crippen MR) is 76.1 cm³/mol. The molecule has 3 rings (SSSR count). The molecule has 1 aliphatic heterocycles. The monoisotopic (exact) mass is 265 g/mol. The molecule has 0 amide bonds. The summed E-state index contributed by atoms with van der Waals surface area (Å²) in [6.07, 6.45) is 6.73. The van der Waals surface area contributed by atoms with Crippen LogP contribution in [0.2, 0.25) is 0 Å². The third-order valence-corrected chi connectivity index (χ3v) is 5.76. The highest BCUT2D eigenvalue weighted by Crippen LogP contribution is 2.41. The molecule has 1 aliphatic carbocycles. The topological polar surface area (TPSA) is 32.3 Å². The fourth-order valence-electron chi connectivity index (χ4n) is 3.78. The molecule has 2 aliphatic rings. The van der Waals surface area contributed by atoms with Crippen LogP contribution in [0.3, 0.4) is 0 Å². The van der Waals surface area contributed by atoms with Crippen molar-refractivity contribution < 1.29 is 5.11 Å². The minimum absolute atomic E-state index is 0.375. The number of thiophene rings is 1. The van der Waals surface area contributed by atoms with Gasteiger partial charge in [0.1, 0.15) is 0 Å². The van der Waals surface area contributed by atoms with E-state index in [9.17, 15) is 5.11 Å². The highest BCUT2D eigenvalue weighted by atomic mass is 32.1. The quantitative estimate of drug-likeness (QED) is 0.862. The summed E-state index contributed by atoms with van der Waals surface area (Å²) < 4.78 is 0. The van der Waals surface area contributed by atoms with Gasteiger partial charge in [-0.05, 0) is 51.3 Å². The second-order valence-corrected chi connectivity index (χ2v) is 7.36. The molecule has 2 heterocycles. The van der Waals surface area contributed by atoms with Crippen LogP contribution in [0, 0.1) is 12.8 Å². The number of aliphatic hydroxyl groups is 1. The highest BCUT2D eigenvalue weighted by molar-refractivity contribution is 7.11. The van der Waals surface area contributed by atoms with Gasteiger partial charge in [-0.3, -0.25) is 0 Å². The summed E-state index contributed by atoms with van der Waals surface area (Å²) in [6, 6.07) is 4.93. The Morgan fingerprint density at radius 3 is 3.06 bits per heavy atom. The number of hydrogen-bond donors (Lipinski definition) is 2. The van der Waals surface area contributed by atoms with E-state index in [0.29, 0.717) is 12.0 Å². The van der Waals surface area contributed by atoms with Crippen molar-refractivity contribution >= 4 is 11.3 Å². The minimum atomic E-state index is -0.375. The number of nitrogens with one attached hydrogen (secondary N) is 1. The highest BCUT2D eigenvalue weighted by Gasteiger charge is 2.45. The number of rotatable bonds is 2. The van der Waals surface area contributed by atoms with Crippen LogP contribution in [0.5, 0.6) is 0 Å². The number of piperidine rings is 1. The first kappa shape index (κ1) is 12.6. The SMILES string of the molecule is Cc1ccc(CC2NCCC3(O)CCCCC23)s1. The van der Waals surface area contributed by atoms with E-state index in [0.717, 1.165) is 25.8 Å². The van der Waals surface area contributed by atoms with Gasteiger partial charge in [-0.2, -0.15) is 0 Å². The van der Waals surface area contributed by atoms with Crippen molar-refractivity contribution in [1.82, 2.24) is 5.32 Å². The Labute approximate surface area is 113 Å². The van der Waals surface area contributed by atoms with Gasteiger partial charge in [0.2, 0.25) is 0 Å². The molecule has 2 nitrogen and oxygen atoms in total. The van der Waals surface area contributed by atoms with Crippen LogP contribution in [0.15, 0.2) is 12.1 Å². The van der Waals surface area contributed by atoms with Crippen molar-refractivity contribution in [3.05, 3.63) is 21.9 Å². The van der Waals surface area contributed by atoms with Gasteiger partial charge in [-0.25, -0.2) is 0 Å². The summed E-state index contributed by atoms with van der Waals surface area (Å²) >= 11 is 1.90. The average Bonchev–Trinajstić information content (AvgIpc) is 2.74. The second kappa shape index (κ2) is 4.95. The summed E-state index contributed by atoms with van der Waals surface area (Å²) in [5.74, 6) is 0.461. The molecule has 100 valence electrons. The van der Waals surface area contributed by atoms with Gasteiger partial charge in [-0.1, -0.05) is 12.8 Å². The summed E-state index contributed by atoms with van der Waals surface area (Å²) in [4.78, 5) is 2.85. The molecule has 3 heteroatoms. The normalized spacial score (nSPS) is 36.3. The van der Waals surface area contributed by atoms with E-state index in [1.807, 2.05) is 11.3 Å². The lowest BCUT2D eigenvalue weighted by Gasteiger charge is -2.48. The van der Waals surface area contributed by atoms with Gasteiger partial charge < -0.3 is 10.4 Å². The van der Waals surface area contributed by atoms with Crippen LogP contribution in [-0.2, 0) is 6.42 Å². The zero-order valence-corrected chi connectivity index (χ0v) is 11.9. The Kier molecular flexibility index (Phi) is 3.48. The van der Waals surface area contributed by atoms with Crippen LogP contribution in [0.4, 0.5) is 0 Å². The number of aryl methyl sites for hydroxylation is 1. The van der Waals surface area contributed by atoms with Gasteiger partial charge in [0.15, 0.2) is 0 Å². The second-order valence-electron chi connectivity index (χ2n) is 5.98. The van der Waals surface area contributed by atoms with Gasteiger partial charge in [0.25, 0.3) is 0 Å². The lowest BCUT2D eigenvalue weighted by Crippen LogP contribution is -2.58. The minimum Gasteiger partial charge on any atom is -0.389 e. The van der Waals surface area contributed by atoms with Gasteiger partial charge in [-0.15, -0.1) is 11.3 Å². The standard InChI is InChI=1S/C15H23NOS/c1-11-5-6-12(18-11)10-14-13-4-2-3-7-15(13,17)8-9-16-14/h5-6,13-14,16-17H,2-4,7-10H2,1H3. The van der Waals surface area contributed by atoms with E-state index in [1.54, 1.807) is 0 Å². The van der Waals surface area contributed by atoms with E-state index >= 15 is 0 Å². The summed E-state index contributed by atoms with van der Waals surface area (Å²) in [6.45, 7) is 3.14. The summed E-state index contributed by atoms with van der Waals surface area (Å²) in [7, 11) is 0.